The van der Waals surface area contributed by atoms with Crippen LogP contribution in [0.25, 0.3) is 10.8 Å². The van der Waals surface area contributed by atoms with Crippen molar-refractivity contribution in [2.24, 2.45) is 5.92 Å². The lowest BCUT2D eigenvalue weighted by atomic mass is 9.95. The maximum atomic E-state index is 12.6. The molecule has 0 spiro atoms. The van der Waals surface area contributed by atoms with Gasteiger partial charge in [-0.3, -0.25) is 14.5 Å². The summed E-state index contributed by atoms with van der Waals surface area (Å²) in [5, 5.41) is 8.21. The molecule has 0 atom stereocenters. The van der Waals surface area contributed by atoms with Gasteiger partial charge in [-0.2, -0.15) is 0 Å². The molecule has 1 fully saturated rings. The fourth-order valence-corrected chi connectivity index (χ4v) is 4.05. The van der Waals surface area contributed by atoms with Crippen LogP contribution in [0, 0.1) is 12.8 Å². The molecule has 1 aliphatic rings. The number of carbonyl (C=O) groups excluding carboxylic acids is 2. The summed E-state index contributed by atoms with van der Waals surface area (Å²) in [6.45, 7) is 3.84. The number of anilines is 2. The summed E-state index contributed by atoms with van der Waals surface area (Å²) >= 11 is 0. The molecule has 2 N–H and O–H groups in total. The van der Waals surface area contributed by atoms with Gasteiger partial charge in [-0.25, -0.2) is 0 Å². The van der Waals surface area contributed by atoms with Crippen molar-refractivity contribution < 1.29 is 9.59 Å². The number of amides is 2. The molecule has 154 valence electrons. The summed E-state index contributed by atoms with van der Waals surface area (Å²) in [4.78, 5) is 27.3. The van der Waals surface area contributed by atoms with E-state index in [9.17, 15) is 9.59 Å². The van der Waals surface area contributed by atoms with Crippen LogP contribution in [0.5, 0.6) is 0 Å². The number of hydrogen-bond acceptors (Lipinski definition) is 3. The smallest absolute Gasteiger partial charge is 0.238 e. The Morgan fingerprint density at radius 3 is 2.47 bits per heavy atom. The van der Waals surface area contributed by atoms with Gasteiger partial charge in [0.2, 0.25) is 11.8 Å². The summed E-state index contributed by atoms with van der Waals surface area (Å²) < 4.78 is 0. The standard InChI is InChI=1S/C25H27N3O2/c1-18-6-4-9-21(16-18)26-25(30)20-12-14-28(15-13-20)17-24(29)27-23-11-5-8-19-7-2-3-10-22(19)23/h2-11,16,20H,12-15,17H2,1H3,(H,26,30)(H,27,29). The predicted octanol–water partition coefficient (Wildman–Crippen LogP) is 4.44. The lowest BCUT2D eigenvalue weighted by Crippen LogP contribution is -2.41. The molecule has 0 unspecified atom stereocenters. The summed E-state index contributed by atoms with van der Waals surface area (Å²) in [5.74, 6) is 0.0392. The second-order valence-corrected chi connectivity index (χ2v) is 7.98. The maximum Gasteiger partial charge on any atom is 0.238 e. The van der Waals surface area contributed by atoms with E-state index in [1.807, 2.05) is 73.7 Å². The molecule has 2 amide bonds. The number of nitrogens with one attached hydrogen (secondary N) is 2. The van der Waals surface area contributed by atoms with Gasteiger partial charge in [0.15, 0.2) is 0 Å². The minimum Gasteiger partial charge on any atom is -0.326 e. The van der Waals surface area contributed by atoms with Gasteiger partial charge < -0.3 is 10.6 Å². The van der Waals surface area contributed by atoms with Crippen LogP contribution >= 0.6 is 0 Å². The molecule has 0 saturated carbocycles. The zero-order valence-corrected chi connectivity index (χ0v) is 17.2. The molecule has 0 radical (unpaired) electrons. The fraction of sp³-hybridized carbons (Fsp3) is 0.280. The van der Waals surface area contributed by atoms with Gasteiger partial charge >= 0.3 is 0 Å². The van der Waals surface area contributed by atoms with Crippen molar-refractivity contribution in [1.29, 1.82) is 0 Å². The molecular formula is C25H27N3O2. The van der Waals surface area contributed by atoms with E-state index in [2.05, 4.69) is 15.5 Å². The lowest BCUT2D eigenvalue weighted by Gasteiger charge is -2.30. The van der Waals surface area contributed by atoms with Gasteiger partial charge in [0.25, 0.3) is 0 Å². The second-order valence-electron chi connectivity index (χ2n) is 7.98. The van der Waals surface area contributed by atoms with E-state index in [0.717, 1.165) is 53.6 Å². The maximum absolute atomic E-state index is 12.6. The third kappa shape index (κ3) is 4.86. The highest BCUT2D eigenvalue weighted by atomic mass is 16.2. The Bertz CT molecular complexity index is 1050. The average Bonchev–Trinajstić information content (AvgIpc) is 2.74. The van der Waals surface area contributed by atoms with Crippen molar-refractivity contribution >= 4 is 34.0 Å². The highest BCUT2D eigenvalue weighted by molar-refractivity contribution is 6.02. The van der Waals surface area contributed by atoms with Crippen LogP contribution < -0.4 is 10.6 Å². The Morgan fingerprint density at radius 2 is 1.67 bits per heavy atom. The van der Waals surface area contributed by atoms with Gasteiger partial charge in [-0.1, -0.05) is 48.5 Å². The highest BCUT2D eigenvalue weighted by Gasteiger charge is 2.26. The van der Waals surface area contributed by atoms with E-state index in [-0.39, 0.29) is 17.7 Å². The molecule has 5 heteroatoms. The van der Waals surface area contributed by atoms with Crippen molar-refractivity contribution in [2.45, 2.75) is 19.8 Å². The van der Waals surface area contributed by atoms with Crippen LogP contribution in [0.1, 0.15) is 18.4 Å². The third-order valence-electron chi connectivity index (χ3n) is 5.67. The molecule has 1 aliphatic heterocycles. The van der Waals surface area contributed by atoms with Crippen LogP contribution in [0.15, 0.2) is 66.7 Å². The zero-order chi connectivity index (χ0) is 20.9. The van der Waals surface area contributed by atoms with Gasteiger partial charge in [0.05, 0.1) is 6.54 Å². The Labute approximate surface area is 177 Å². The van der Waals surface area contributed by atoms with E-state index in [4.69, 9.17) is 0 Å². The average molecular weight is 402 g/mol. The third-order valence-corrected chi connectivity index (χ3v) is 5.67. The largest absolute Gasteiger partial charge is 0.326 e. The number of fused-ring (bicyclic) bond motifs is 1. The number of aryl methyl sites for hydroxylation is 1. The van der Waals surface area contributed by atoms with Crippen LogP contribution in [0.2, 0.25) is 0 Å². The van der Waals surface area contributed by atoms with Crippen LogP contribution in [0.3, 0.4) is 0 Å². The topological polar surface area (TPSA) is 61.4 Å². The monoisotopic (exact) mass is 401 g/mol. The molecule has 1 heterocycles. The molecule has 3 aromatic carbocycles. The Balaban J connectivity index is 1.28. The zero-order valence-electron chi connectivity index (χ0n) is 17.2. The first-order chi connectivity index (χ1) is 14.6. The van der Waals surface area contributed by atoms with Crippen molar-refractivity contribution in [3.8, 4) is 0 Å². The van der Waals surface area contributed by atoms with Crippen LogP contribution in [-0.2, 0) is 9.59 Å². The van der Waals surface area contributed by atoms with Gasteiger partial charge in [-0.15, -0.1) is 0 Å². The molecule has 0 aromatic heterocycles. The number of nitrogens with zero attached hydrogens (tertiary/aromatic N) is 1. The molecule has 1 saturated heterocycles. The number of rotatable bonds is 5. The summed E-state index contributed by atoms with van der Waals surface area (Å²) in [5.41, 5.74) is 2.81. The van der Waals surface area contributed by atoms with Crippen LogP contribution in [-0.4, -0.2) is 36.3 Å². The molecule has 30 heavy (non-hydrogen) atoms. The van der Waals surface area contributed by atoms with Crippen molar-refractivity contribution in [1.82, 2.24) is 4.90 Å². The predicted molar refractivity (Wildman–Crippen MR) is 122 cm³/mol. The van der Waals surface area contributed by atoms with Crippen molar-refractivity contribution in [2.75, 3.05) is 30.3 Å². The molecule has 4 rings (SSSR count). The van der Waals surface area contributed by atoms with Crippen LogP contribution in [0.4, 0.5) is 11.4 Å². The first-order valence-corrected chi connectivity index (χ1v) is 10.5. The Kier molecular flexibility index (Phi) is 6.10. The number of carbonyl (C=O) groups is 2. The van der Waals surface area contributed by atoms with E-state index < -0.39 is 0 Å². The quantitative estimate of drug-likeness (QED) is 0.665. The molecule has 0 aliphatic carbocycles. The Hall–Kier alpha value is -3.18. The number of benzene rings is 3. The minimum atomic E-state index is -0.0194. The first kappa shape index (κ1) is 20.1. The molecular weight excluding hydrogens is 374 g/mol. The fourth-order valence-electron chi connectivity index (χ4n) is 4.05. The van der Waals surface area contributed by atoms with Gasteiger partial charge in [-0.05, 0) is 62.0 Å². The first-order valence-electron chi connectivity index (χ1n) is 10.5. The van der Waals surface area contributed by atoms with E-state index in [1.54, 1.807) is 0 Å². The Morgan fingerprint density at radius 1 is 0.933 bits per heavy atom. The molecule has 0 bridgehead atoms. The second kappa shape index (κ2) is 9.09. The summed E-state index contributed by atoms with van der Waals surface area (Å²) in [6.07, 6.45) is 1.53. The van der Waals surface area contributed by atoms with Crippen molar-refractivity contribution in [3.05, 3.63) is 72.3 Å². The highest BCUT2D eigenvalue weighted by Crippen LogP contribution is 2.23. The lowest BCUT2D eigenvalue weighted by molar-refractivity contribution is -0.121. The summed E-state index contributed by atoms with van der Waals surface area (Å²) in [7, 11) is 0. The molecule has 5 nitrogen and oxygen atoms in total. The number of likely N-dealkylation sites (tertiary alicyclic amines) is 1. The number of piperidine rings is 1. The van der Waals surface area contributed by atoms with Gasteiger partial charge in [0.1, 0.15) is 0 Å². The van der Waals surface area contributed by atoms with E-state index in [1.165, 1.54) is 0 Å². The number of hydrogen-bond donors (Lipinski definition) is 2. The van der Waals surface area contributed by atoms with Crippen molar-refractivity contribution in [3.63, 3.8) is 0 Å². The molecule has 3 aromatic rings. The van der Waals surface area contributed by atoms with E-state index in [0.29, 0.717) is 6.54 Å². The van der Waals surface area contributed by atoms with E-state index >= 15 is 0 Å². The minimum absolute atomic E-state index is 0.0112. The summed E-state index contributed by atoms with van der Waals surface area (Å²) in [6, 6.07) is 21.8. The SMILES string of the molecule is Cc1cccc(NC(=O)C2CCN(CC(=O)Nc3cccc4ccccc34)CC2)c1. The normalized spacial score (nSPS) is 15.1. The van der Waals surface area contributed by atoms with Gasteiger partial charge in [0, 0.05) is 22.7 Å².